The Morgan fingerprint density at radius 3 is 2.65 bits per heavy atom. The van der Waals surface area contributed by atoms with Crippen molar-refractivity contribution in [1.82, 2.24) is 14.9 Å². The minimum Gasteiger partial charge on any atom is -0.473 e. The van der Waals surface area contributed by atoms with Crippen LogP contribution in [0.15, 0.2) is 60.8 Å². The molecule has 0 atom stereocenters. The summed E-state index contributed by atoms with van der Waals surface area (Å²) in [6.45, 7) is 10.4. The predicted molar refractivity (Wildman–Crippen MR) is 145 cm³/mol. The highest BCUT2D eigenvalue weighted by atomic mass is 35.5. The zero-order valence-corrected chi connectivity index (χ0v) is 22.3. The lowest BCUT2D eigenvalue weighted by Crippen LogP contribution is -2.37. The van der Waals surface area contributed by atoms with Gasteiger partial charge in [-0.1, -0.05) is 36.4 Å². The van der Waals surface area contributed by atoms with E-state index >= 15 is 0 Å². The van der Waals surface area contributed by atoms with Crippen molar-refractivity contribution >= 4 is 23.2 Å². The quantitative estimate of drug-likeness (QED) is 0.312. The molecule has 0 unspecified atom stereocenters. The summed E-state index contributed by atoms with van der Waals surface area (Å²) in [5.41, 5.74) is 3.81. The van der Waals surface area contributed by atoms with Crippen LogP contribution in [-0.4, -0.2) is 47.3 Å². The first-order valence-corrected chi connectivity index (χ1v) is 12.7. The van der Waals surface area contributed by atoms with Crippen molar-refractivity contribution in [3.8, 4) is 5.88 Å². The summed E-state index contributed by atoms with van der Waals surface area (Å²) in [5.74, 6) is 1.13. The molecule has 194 valence electrons. The fourth-order valence-electron chi connectivity index (χ4n) is 4.48. The van der Waals surface area contributed by atoms with Gasteiger partial charge in [-0.05, 0) is 62.7 Å². The van der Waals surface area contributed by atoms with E-state index in [1.165, 1.54) is 13.0 Å². The first kappa shape index (κ1) is 26.8. The van der Waals surface area contributed by atoms with Crippen molar-refractivity contribution < 1.29 is 13.9 Å². The number of Topliss-reactive ketones (excluding diaryl/α,β-unsaturated/α-hetero) is 1. The summed E-state index contributed by atoms with van der Waals surface area (Å²) < 4.78 is 19.8. The standard InChI is InChI=1S/C29H32ClFN4O2/c1-19-8-11-26(21(3)36)33-29(19)34(4)20(2)17-35-14-12-22(13-15-35)27-6-5-7-28(32-27)37-18-23-9-10-24(30)16-25(23)31/h5-11,16,22H,2,12-15,17-18H2,1,3-4H3. The van der Waals surface area contributed by atoms with Crippen LogP contribution in [-0.2, 0) is 6.61 Å². The number of ether oxygens (including phenoxy) is 1. The van der Waals surface area contributed by atoms with Gasteiger partial charge in [-0.2, -0.15) is 0 Å². The van der Waals surface area contributed by atoms with Gasteiger partial charge in [-0.15, -0.1) is 0 Å². The number of hydrogen-bond donors (Lipinski definition) is 0. The molecule has 3 heterocycles. The number of nitrogens with zero attached hydrogens (tertiary/aromatic N) is 4. The Kier molecular flexibility index (Phi) is 8.56. The third-order valence-electron chi connectivity index (χ3n) is 6.77. The number of carbonyl (C=O) groups excluding carboxylic acids is 1. The summed E-state index contributed by atoms with van der Waals surface area (Å²) in [4.78, 5) is 25.4. The molecule has 1 fully saturated rings. The number of aryl methyl sites for hydroxylation is 1. The Hall–Kier alpha value is -3.29. The number of carbonyl (C=O) groups is 1. The molecular formula is C29H32ClFN4O2. The highest BCUT2D eigenvalue weighted by molar-refractivity contribution is 6.30. The Morgan fingerprint density at radius 1 is 1.19 bits per heavy atom. The second kappa shape index (κ2) is 11.8. The normalized spacial score (nSPS) is 14.4. The van der Waals surface area contributed by atoms with E-state index in [0.29, 0.717) is 28.1 Å². The Morgan fingerprint density at radius 2 is 1.95 bits per heavy atom. The molecule has 1 saturated heterocycles. The van der Waals surface area contributed by atoms with Gasteiger partial charge < -0.3 is 9.64 Å². The molecule has 1 aliphatic rings. The summed E-state index contributed by atoms with van der Waals surface area (Å²) in [6.07, 6.45) is 1.94. The smallest absolute Gasteiger partial charge is 0.213 e. The van der Waals surface area contributed by atoms with Crippen LogP contribution in [0.25, 0.3) is 0 Å². The average Bonchev–Trinajstić information content (AvgIpc) is 2.88. The molecule has 0 saturated carbocycles. The summed E-state index contributed by atoms with van der Waals surface area (Å²) in [5, 5.41) is 0.358. The number of hydrogen-bond acceptors (Lipinski definition) is 6. The maximum atomic E-state index is 14.1. The number of anilines is 1. The summed E-state index contributed by atoms with van der Waals surface area (Å²) in [7, 11) is 1.94. The van der Waals surface area contributed by atoms with Crippen LogP contribution in [0.2, 0.25) is 5.02 Å². The number of likely N-dealkylation sites (N-methyl/N-ethyl adjacent to an activating group) is 1. The van der Waals surface area contributed by atoms with Gasteiger partial charge in [0.05, 0.1) is 0 Å². The largest absolute Gasteiger partial charge is 0.473 e. The lowest BCUT2D eigenvalue weighted by molar-refractivity contribution is 0.101. The number of aromatic nitrogens is 2. The van der Waals surface area contributed by atoms with E-state index in [1.807, 2.05) is 37.1 Å². The molecular weight excluding hydrogens is 491 g/mol. The molecule has 3 aromatic rings. The zero-order valence-electron chi connectivity index (χ0n) is 21.5. The van der Waals surface area contributed by atoms with Crippen molar-refractivity contribution in [3.05, 3.63) is 94.2 Å². The van der Waals surface area contributed by atoms with Gasteiger partial charge in [0, 0.05) is 54.5 Å². The first-order chi connectivity index (χ1) is 17.7. The van der Waals surface area contributed by atoms with Crippen LogP contribution in [0.5, 0.6) is 5.88 Å². The lowest BCUT2D eigenvalue weighted by Gasteiger charge is -2.34. The van der Waals surface area contributed by atoms with Crippen molar-refractivity contribution in [2.45, 2.75) is 39.2 Å². The molecule has 8 heteroatoms. The second-order valence-corrected chi connectivity index (χ2v) is 9.93. The Labute approximate surface area is 222 Å². The van der Waals surface area contributed by atoms with Gasteiger partial charge in [-0.25, -0.2) is 14.4 Å². The third-order valence-corrected chi connectivity index (χ3v) is 7.01. The van der Waals surface area contributed by atoms with Gasteiger partial charge >= 0.3 is 0 Å². The molecule has 0 radical (unpaired) electrons. The van der Waals surface area contributed by atoms with Gasteiger partial charge in [0.25, 0.3) is 0 Å². The maximum Gasteiger partial charge on any atom is 0.213 e. The van der Waals surface area contributed by atoms with Gasteiger partial charge in [0.15, 0.2) is 5.78 Å². The van der Waals surface area contributed by atoms with E-state index in [0.717, 1.165) is 55.2 Å². The third kappa shape index (κ3) is 6.73. The van der Waals surface area contributed by atoms with E-state index in [4.69, 9.17) is 21.3 Å². The number of benzene rings is 1. The van der Waals surface area contributed by atoms with Crippen LogP contribution in [0, 0.1) is 12.7 Å². The number of piperidine rings is 1. The number of pyridine rings is 2. The van der Waals surface area contributed by atoms with Crippen LogP contribution in [0.4, 0.5) is 10.2 Å². The van der Waals surface area contributed by atoms with Gasteiger partial charge in [0.1, 0.15) is 23.9 Å². The molecule has 1 aromatic carbocycles. The number of likely N-dealkylation sites (tertiary alicyclic amines) is 1. The fraction of sp³-hybridized carbons (Fsp3) is 0.345. The maximum absolute atomic E-state index is 14.1. The Balaban J connectivity index is 1.31. The van der Waals surface area contributed by atoms with Crippen molar-refractivity contribution in [3.63, 3.8) is 0 Å². The fourth-order valence-corrected chi connectivity index (χ4v) is 4.64. The van der Waals surface area contributed by atoms with E-state index < -0.39 is 0 Å². The molecule has 4 rings (SSSR count). The molecule has 0 aliphatic carbocycles. The second-order valence-electron chi connectivity index (χ2n) is 9.49. The van der Waals surface area contributed by atoms with E-state index in [2.05, 4.69) is 16.5 Å². The minimum absolute atomic E-state index is 0.0532. The number of ketones is 1. The van der Waals surface area contributed by atoms with Crippen molar-refractivity contribution in [1.29, 1.82) is 0 Å². The van der Waals surface area contributed by atoms with Crippen LogP contribution in [0.3, 0.4) is 0 Å². The van der Waals surface area contributed by atoms with E-state index in [1.54, 1.807) is 24.3 Å². The highest BCUT2D eigenvalue weighted by Gasteiger charge is 2.23. The first-order valence-electron chi connectivity index (χ1n) is 12.4. The highest BCUT2D eigenvalue weighted by Crippen LogP contribution is 2.29. The minimum atomic E-state index is -0.388. The topological polar surface area (TPSA) is 58.6 Å². The van der Waals surface area contributed by atoms with E-state index in [9.17, 15) is 9.18 Å². The molecule has 6 nitrogen and oxygen atoms in total. The predicted octanol–water partition coefficient (Wildman–Crippen LogP) is 6.19. The molecule has 0 N–H and O–H groups in total. The van der Waals surface area contributed by atoms with Gasteiger partial charge in [-0.3, -0.25) is 9.69 Å². The molecule has 37 heavy (non-hydrogen) atoms. The lowest BCUT2D eigenvalue weighted by atomic mass is 9.93. The van der Waals surface area contributed by atoms with Crippen molar-refractivity contribution in [2.24, 2.45) is 0 Å². The SMILES string of the molecule is C=C(CN1CCC(c2cccc(OCc3ccc(Cl)cc3F)n2)CC1)N(C)c1nc(C(C)=O)ccc1C. The summed E-state index contributed by atoms with van der Waals surface area (Å²) in [6, 6.07) is 14.0. The van der Waals surface area contributed by atoms with Crippen LogP contribution >= 0.6 is 11.6 Å². The number of halogens is 2. The van der Waals surface area contributed by atoms with Gasteiger partial charge in [0.2, 0.25) is 5.88 Å². The Bertz CT molecular complexity index is 1290. The zero-order chi connectivity index (χ0) is 26.5. The molecule has 0 amide bonds. The molecule has 2 aromatic heterocycles. The molecule has 1 aliphatic heterocycles. The van der Waals surface area contributed by atoms with Crippen LogP contribution in [0.1, 0.15) is 53.0 Å². The molecule has 0 bridgehead atoms. The summed E-state index contributed by atoms with van der Waals surface area (Å²) >= 11 is 5.83. The molecule has 0 spiro atoms. The average molecular weight is 523 g/mol. The van der Waals surface area contributed by atoms with E-state index in [-0.39, 0.29) is 18.2 Å². The monoisotopic (exact) mass is 522 g/mol. The van der Waals surface area contributed by atoms with Crippen LogP contribution < -0.4 is 9.64 Å². The number of rotatable bonds is 9. The van der Waals surface area contributed by atoms with Crippen molar-refractivity contribution in [2.75, 3.05) is 31.6 Å².